The summed E-state index contributed by atoms with van der Waals surface area (Å²) < 4.78 is 0. The third kappa shape index (κ3) is 1.80. The van der Waals surface area contributed by atoms with Crippen LogP contribution in [0.5, 0.6) is 0 Å². The summed E-state index contributed by atoms with van der Waals surface area (Å²) in [4.78, 5) is 11.3. The number of benzene rings is 1. The number of aliphatic hydroxyl groups is 1. The lowest BCUT2D eigenvalue weighted by molar-refractivity contribution is 0.0821. The van der Waals surface area contributed by atoms with Gasteiger partial charge in [0, 0.05) is 5.56 Å². The molecule has 0 fully saturated rings. The highest BCUT2D eigenvalue weighted by Gasteiger charge is 2.11. The van der Waals surface area contributed by atoms with Crippen molar-refractivity contribution < 1.29 is 9.90 Å². The number of rotatable bonds is 3. The number of hydrogen-bond donors (Lipinski definition) is 1. The highest BCUT2D eigenvalue weighted by atomic mass is 16.3. The Morgan fingerprint density at radius 3 is 2.50 bits per heavy atom. The van der Waals surface area contributed by atoms with Gasteiger partial charge in [-0.2, -0.15) is 0 Å². The summed E-state index contributed by atoms with van der Waals surface area (Å²) in [7, 11) is 0. The van der Waals surface area contributed by atoms with Crippen molar-refractivity contribution >= 4 is 5.78 Å². The summed E-state index contributed by atoms with van der Waals surface area (Å²) in [5.74, 6) is -0.314. The minimum absolute atomic E-state index is 0.314. The minimum Gasteiger partial charge on any atom is -0.381 e. The Balaban J connectivity index is 2.85. The van der Waals surface area contributed by atoms with E-state index in [1.807, 2.05) is 6.07 Å². The van der Waals surface area contributed by atoms with Crippen LogP contribution in [0.15, 0.2) is 43.0 Å². The molecule has 1 aromatic carbocycles. The molecular formula is C10H10O2. The van der Waals surface area contributed by atoms with Crippen molar-refractivity contribution in [1.82, 2.24) is 0 Å². The van der Waals surface area contributed by atoms with Crippen LogP contribution in [0.2, 0.25) is 0 Å². The van der Waals surface area contributed by atoms with Gasteiger partial charge < -0.3 is 5.11 Å². The van der Waals surface area contributed by atoms with Crippen molar-refractivity contribution in [1.29, 1.82) is 0 Å². The van der Waals surface area contributed by atoms with Crippen LogP contribution in [0.3, 0.4) is 0 Å². The van der Waals surface area contributed by atoms with Crippen LogP contribution in [0.4, 0.5) is 0 Å². The van der Waals surface area contributed by atoms with Gasteiger partial charge in [0.05, 0.1) is 0 Å². The van der Waals surface area contributed by atoms with E-state index in [1.54, 1.807) is 24.3 Å². The van der Waals surface area contributed by atoms with Gasteiger partial charge in [0.2, 0.25) is 0 Å². The first-order valence-corrected chi connectivity index (χ1v) is 3.65. The number of carbonyl (C=O) groups is 1. The summed E-state index contributed by atoms with van der Waals surface area (Å²) in [5, 5.41) is 9.11. The molecule has 1 atom stereocenters. The Bertz CT molecular complexity index is 277. The molecule has 0 spiro atoms. The Labute approximate surface area is 71.2 Å². The Morgan fingerprint density at radius 1 is 1.42 bits per heavy atom. The van der Waals surface area contributed by atoms with Crippen LogP contribution in [0.25, 0.3) is 0 Å². The van der Waals surface area contributed by atoms with Crippen LogP contribution < -0.4 is 0 Å². The van der Waals surface area contributed by atoms with Gasteiger partial charge in [-0.25, -0.2) is 0 Å². The van der Waals surface area contributed by atoms with Crippen LogP contribution >= 0.6 is 0 Å². The van der Waals surface area contributed by atoms with Gasteiger partial charge in [-0.05, 0) is 0 Å². The molecular weight excluding hydrogens is 152 g/mol. The lowest BCUT2D eigenvalue weighted by Gasteiger charge is -2.02. The fraction of sp³-hybridized carbons (Fsp3) is 0.100. The highest BCUT2D eigenvalue weighted by Crippen LogP contribution is 2.03. The fourth-order valence-corrected chi connectivity index (χ4v) is 0.880. The lowest BCUT2D eigenvalue weighted by Crippen LogP contribution is -2.16. The van der Waals surface area contributed by atoms with Gasteiger partial charge in [0.15, 0.2) is 5.78 Å². The van der Waals surface area contributed by atoms with Gasteiger partial charge >= 0.3 is 0 Å². The van der Waals surface area contributed by atoms with E-state index >= 15 is 0 Å². The van der Waals surface area contributed by atoms with Crippen molar-refractivity contribution in [3.05, 3.63) is 48.6 Å². The highest BCUT2D eigenvalue weighted by molar-refractivity contribution is 6.00. The average Bonchev–Trinajstić information content (AvgIpc) is 2.17. The smallest absolute Gasteiger partial charge is 0.195 e. The summed E-state index contributed by atoms with van der Waals surface area (Å²) in [6.45, 7) is 3.34. The molecule has 0 aliphatic heterocycles. The third-order valence-electron chi connectivity index (χ3n) is 1.55. The second-order valence-electron chi connectivity index (χ2n) is 2.41. The van der Waals surface area contributed by atoms with E-state index in [0.29, 0.717) is 5.56 Å². The van der Waals surface area contributed by atoms with E-state index in [9.17, 15) is 4.79 Å². The topological polar surface area (TPSA) is 37.3 Å². The van der Waals surface area contributed by atoms with Gasteiger partial charge in [-0.3, -0.25) is 4.79 Å². The Hall–Kier alpha value is -1.41. The van der Waals surface area contributed by atoms with Crippen molar-refractivity contribution in [2.24, 2.45) is 0 Å². The largest absolute Gasteiger partial charge is 0.381 e. The predicted octanol–water partition coefficient (Wildman–Crippen LogP) is 1.42. The predicted molar refractivity (Wildman–Crippen MR) is 47.0 cm³/mol. The number of Topliss-reactive ketones (excluding diaryl/α,β-unsaturated/α-hetero) is 1. The van der Waals surface area contributed by atoms with E-state index in [1.165, 1.54) is 6.08 Å². The molecule has 0 aliphatic carbocycles. The van der Waals surface area contributed by atoms with E-state index in [4.69, 9.17) is 5.11 Å². The second-order valence-corrected chi connectivity index (χ2v) is 2.41. The van der Waals surface area contributed by atoms with E-state index in [0.717, 1.165) is 0 Å². The number of ketones is 1. The molecule has 1 aromatic rings. The number of aliphatic hydroxyl groups excluding tert-OH is 1. The normalized spacial score (nSPS) is 12.1. The quantitative estimate of drug-likeness (QED) is 0.539. The maximum atomic E-state index is 11.3. The molecule has 2 nitrogen and oxygen atoms in total. The summed E-state index contributed by atoms with van der Waals surface area (Å²) >= 11 is 0. The molecule has 62 valence electrons. The molecule has 0 unspecified atom stereocenters. The van der Waals surface area contributed by atoms with E-state index in [-0.39, 0.29) is 5.78 Å². The molecule has 0 amide bonds. The number of hydrogen-bond acceptors (Lipinski definition) is 2. The first kappa shape index (κ1) is 8.68. The van der Waals surface area contributed by atoms with Crippen LogP contribution in [0, 0.1) is 0 Å². The fourth-order valence-electron chi connectivity index (χ4n) is 0.880. The maximum Gasteiger partial charge on any atom is 0.195 e. The Kier molecular flexibility index (Phi) is 2.77. The number of carbonyl (C=O) groups excluding carboxylic acids is 1. The van der Waals surface area contributed by atoms with Crippen LogP contribution in [0.1, 0.15) is 10.4 Å². The molecule has 1 rings (SSSR count). The standard InChI is InChI=1S/C10H10O2/c1-2-9(11)10(12)8-6-4-3-5-7-8/h2-7,9,11H,1H2/t9-/m1/s1. The SMILES string of the molecule is C=C[C@@H](O)C(=O)c1ccccc1. The van der Waals surface area contributed by atoms with Crippen molar-refractivity contribution in [2.75, 3.05) is 0 Å². The van der Waals surface area contributed by atoms with Gasteiger partial charge in [0.1, 0.15) is 6.10 Å². The zero-order chi connectivity index (χ0) is 8.97. The second kappa shape index (κ2) is 3.83. The molecule has 0 radical (unpaired) electrons. The van der Waals surface area contributed by atoms with E-state index < -0.39 is 6.10 Å². The van der Waals surface area contributed by atoms with Gasteiger partial charge in [-0.1, -0.05) is 36.4 Å². The minimum atomic E-state index is -1.09. The first-order valence-electron chi connectivity index (χ1n) is 3.65. The van der Waals surface area contributed by atoms with Crippen LogP contribution in [-0.2, 0) is 0 Å². The monoisotopic (exact) mass is 162 g/mol. The molecule has 0 saturated heterocycles. The molecule has 2 heteroatoms. The zero-order valence-electron chi connectivity index (χ0n) is 6.60. The van der Waals surface area contributed by atoms with Crippen molar-refractivity contribution in [2.45, 2.75) is 6.10 Å². The lowest BCUT2D eigenvalue weighted by atomic mass is 10.1. The molecule has 12 heavy (non-hydrogen) atoms. The molecule has 1 N–H and O–H groups in total. The molecule has 0 aliphatic rings. The van der Waals surface area contributed by atoms with Gasteiger partial charge in [-0.15, -0.1) is 6.58 Å². The van der Waals surface area contributed by atoms with Crippen molar-refractivity contribution in [3.63, 3.8) is 0 Å². The Morgan fingerprint density at radius 2 is 2.00 bits per heavy atom. The summed E-state index contributed by atoms with van der Waals surface area (Å²) in [5.41, 5.74) is 0.505. The molecule has 0 heterocycles. The van der Waals surface area contributed by atoms with E-state index in [2.05, 4.69) is 6.58 Å². The first-order chi connectivity index (χ1) is 5.75. The third-order valence-corrected chi connectivity index (χ3v) is 1.55. The maximum absolute atomic E-state index is 11.3. The molecule has 0 saturated carbocycles. The molecule has 0 aromatic heterocycles. The summed E-state index contributed by atoms with van der Waals surface area (Å²) in [6, 6.07) is 8.65. The zero-order valence-corrected chi connectivity index (χ0v) is 6.60. The molecule has 0 bridgehead atoms. The van der Waals surface area contributed by atoms with Crippen molar-refractivity contribution in [3.8, 4) is 0 Å². The van der Waals surface area contributed by atoms with Crippen LogP contribution in [-0.4, -0.2) is 17.0 Å². The average molecular weight is 162 g/mol. The van der Waals surface area contributed by atoms with Gasteiger partial charge in [0.25, 0.3) is 0 Å². The summed E-state index contributed by atoms with van der Waals surface area (Å²) in [6.07, 6.45) is 0.127.